The molecule has 0 aliphatic carbocycles. The lowest BCUT2D eigenvalue weighted by atomic mass is 10.0. The maximum absolute atomic E-state index is 13.5. The van der Waals surface area contributed by atoms with Crippen molar-refractivity contribution in [2.75, 3.05) is 13.7 Å². The third-order valence-electron chi connectivity index (χ3n) is 7.97. The Labute approximate surface area is 276 Å². The highest BCUT2D eigenvalue weighted by Gasteiger charge is 2.19. The van der Waals surface area contributed by atoms with Gasteiger partial charge < -0.3 is 4.74 Å². The van der Waals surface area contributed by atoms with Gasteiger partial charge in [0.1, 0.15) is 0 Å². The maximum atomic E-state index is 13.5. The van der Waals surface area contributed by atoms with E-state index in [2.05, 4.69) is 28.2 Å². The monoisotopic (exact) mass is 666 g/mol. The minimum absolute atomic E-state index is 0.0666. The summed E-state index contributed by atoms with van der Waals surface area (Å²) >= 11 is 6.72. The van der Waals surface area contributed by atoms with Gasteiger partial charge in [-0.15, -0.1) is 0 Å². The number of halogens is 1. The second-order valence-electron chi connectivity index (χ2n) is 11.1. The molecule has 47 heavy (non-hydrogen) atoms. The molecule has 0 saturated heterocycles. The summed E-state index contributed by atoms with van der Waals surface area (Å²) in [5.41, 5.74) is 7.72. The molecule has 0 fully saturated rings. The standard InChI is InChI=1S/C29H23ClN4O2.C7H8O3S/c1-33-27-17-32-25-9-8-19(21-14-20-5-3-4-6-24(20)31-16-21)15-22(25)28(27)34(29(33)35)26-10-7-18(11-12-36-2)13-23(26)30;1-6-2-4-7(5-3-6)11(8,9)10/h3-10,13-17H,11-12H2,1-2H3;2-5H,1H3,(H,8,9,10). The van der Waals surface area contributed by atoms with Crippen LogP contribution in [-0.4, -0.2) is 45.8 Å². The molecular formula is C36H31ClN4O5S. The second-order valence-corrected chi connectivity index (χ2v) is 13.0. The third-order valence-corrected chi connectivity index (χ3v) is 9.14. The highest BCUT2D eigenvalue weighted by Crippen LogP contribution is 2.32. The molecule has 11 heteroatoms. The van der Waals surface area contributed by atoms with Crippen molar-refractivity contribution in [1.29, 1.82) is 0 Å². The number of hydrogen-bond acceptors (Lipinski definition) is 6. The van der Waals surface area contributed by atoms with Gasteiger partial charge in [-0.25, -0.2) is 4.79 Å². The van der Waals surface area contributed by atoms with Gasteiger partial charge in [0.15, 0.2) is 0 Å². The number of pyridine rings is 2. The fourth-order valence-corrected chi connectivity index (χ4v) is 6.21. The predicted octanol–water partition coefficient (Wildman–Crippen LogP) is 7.18. The molecule has 7 aromatic rings. The normalized spacial score (nSPS) is 11.6. The van der Waals surface area contributed by atoms with Crippen LogP contribution in [-0.2, 0) is 28.3 Å². The largest absolute Gasteiger partial charge is 0.384 e. The second kappa shape index (κ2) is 13.1. The summed E-state index contributed by atoms with van der Waals surface area (Å²) in [7, 11) is -0.589. The van der Waals surface area contributed by atoms with Crippen LogP contribution in [0.4, 0.5) is 0 Å². The molecule has 0 radical (unpaired) electrons. The molecule has 3 heterocycles. The SMILES string of the molecule is COCCc1ccc(-n2c(=O)n(C)c3cnc4ccc(-c5cnc6ccccc6c5)cc4c32)c(Cl)c1.Cc1ccc(S(=O)(=O)O)cc1. The number of hydrogen-bond donors (Lipinski definition) is 1. The van der Waals surface area contributed by atoms with Crippen molar-refractivity contribution >= 4 is 54.6 Å². The number of methoxy groups -OCH3 is 1. The van der Waals surface area contributed by atoms with E-state index >= 15 is 0 Å². The van der Waals surface area contributed by atoms with Crippen LogP contribution in [0.3, 0.4) is 0 Å². The first-order valence-corrected chi connectivity index (χ1v) is 16.5. The maximum Gasteiger partial charge on any atom is 0.333 e. The lowest BCUT2D eigenvalue weighted by Gasteiger charge is -2.11. The van der Waals surface area contributed by atoms with Gasteiger partial charge in [-0.2, -0.15) is 8.42 Å². The van der Waals surface area contributed by atoms with E-state index in [1.54, 1.807) is 41.6 Å². The topological polar surface area (TPSA) is 116 Å². The van der Waals surface area contributed by atoms with Crippen molar-refractivity contribution in [3.8, 4) is 16.8 Å². The molecule has 7 rings (SSSR count). The molecule has 3 aromatic heterocycles. The van der Waals surface area contributed by atoms with Crippen LogP contribution in [0.25, 0.3) is 49.7 Å². The molecule has 0 amide bonds. The number of rotatable bonds is 6. The Morgan fingerprint density at radius 3 is 2.34 bits per heavy atom. The van der Waals surface area contributed by atoms with Crippen LogP contribution >= 0.6 is 11.6 Å². The molecule has 0 aliphatic rings. The van der Waals surface area contributed by atoms with Crippen molar-refractivity contribution in [2.24, 2.45) is 7.05 Å². The van der Waals surface area contributed by atoms with Gasteiger partial charge in [0.2, 0.25) is 0 Å². The summed E-state index contributed by atoms with van der Waals surface area (Å²) < 4.78 is 38.0. The molecule has 0 spiro atoms. The Morgan fingerprint density at radius 1 is 0.872 bits per heavy atom. The zero-order valence-electron chi connectivity index (χ0n) is 25.9. The average molecular weight is 667 g/mol. The van der Waals surface area contributed by atoms with E-state index in [9.17, 15) is 13.2 Å². The van der Waals surface area contributed by atoms with E-state index in [4.69, 9.17) is 20.9 Å². The first kappa shape index (κ1) is 32.1. The van der Waals surface area contributed by atoms with E-state index in [-0.39, 0.29) is 10.6 Å². The fourth-order valence-electron chi connectivity index (χ4n) is 5.45. The number of aryl methyl sites for hydroxylation is 2. The quantitative estimate of drug-likeness (QED) is 0.187. The van der Waals surface area contributed by atoms with Gasteiger partial charge in [-0.05, 0) is 73.0 Å². The van der Waals surface area contributed by atoms with E-state index in [0.717, 1.165) is 61.5 Å². The van der Waals surface area contributed by atoms with Crippen molar-refractivity contribution < 1.29 is 17.7 Å². The first-order valence-electron chi connectivity index (χ1n) is 14.7. The van der Waals surface area contributed by atoms with Crippen LogP contribution < -0.4 is 5.69 Å². The van der Waals surface area contributed by atoms with E-state index < -0.39 is 10.1 Å². The zero-order valence-corrected chi connectivity index (χ0v) is 27.5. The zero-order chi connectivity index (χ0) is 33.3. The Hall–Kier alpha value is -4.87. The number of fused-ring (bicyclic) bond motifs is 4. The van der Waals surface area contributed by atoms with Crippen LogP contribution in [0.15, 0.2) is 113 Å². The molecule has 0 atom stereocenters. The number of para-hydroxylation sites is 1. The lowest BCUT2D eigenvalue weighted by Crippen LogP contribution is -2.21. The van der Waals surface area contributed by atoms with Crippen LogP contribution in [0.2, 0.25) is 5.02 Å². The Bertz CT molecular complexity index is 2440. The van der Waals surface area contributed by atoms with Crippen molar-refractivity contribution in [3.05, 3.63) is 130 Å². The van der Waals surface area contributed by atoms with Crippen LogP contribution in [0.5, 0.6) is 0 Å². The van der Waals surface area contributed by atoms with Gasteiger partial charge in [0, 0.05) is 36.7 Å². The summed E-state index contributed by atoms with van der Waals surface area (Å²) in [6.07, 6.45) is 4.37. The Kier molecular flexibility index (Phi) is 8.94. The summed E-state index contributed by atoms with van der Waals surface area (Å²) in [4.78, 5) is 22.6. The molecule has 0 bridgehead atoms. The molecule has 0 saturated carbocycles. The van der Waals surface area contributed by atoms with Crippen LogP contribution in [0.1, 0.15) is 11.1 Å². The van der Waals surface area contributed by atoms with Gasteiger partial charge >= 0.3 is 5.69 Å². The Balaban J connectivity index is 0.000000300. The number of imidazole rings is 1. The van der Waals surface area contributed by atoms with E-state index in [1.807, 2.05) is 61.7 Å². The summed E-state index contributed by atoms with van der Waals surface area (Å²) in [6, 6.07) is 28.0. The summed E-state index contributed by atoms with van der Waals surface area (Å²) in [6.45, 7) is 2.44. The van der Waals surface area contributed by atoms with Gasteiger partial charge in [0.05, 0.1) is 50.5 Å². The molecule has 238 valence electrons. The highest BCUT2D eigenvalue weighted by molar-refractivity contribution is 7.85. The van der Waals surface area contributed by atoms with Gasteiger partial charge in [-0.3, -0.25) is 23.7 Å². The van der Waals surface area contributed by atoms with E-state index in [0.29, 0.717) is 17.3 Å². The third kappa shape index (κ3) is 6.54. The number of ether oxygens (including phenoxy) is 1. The molecular weight excluding hydrogens is 636 g/mol. The summed E-state index contributed by atoms with van der Waals surface area (Å²) in [5.74, 6) is 0. The minimum atomic E-state index is -4.02. The van der Waals surface area contributed by atoms with Gasteiger partial charge in [0.25, 0.3) is 10.1 Å². The minimum Gasteiger partial charge on any atom is -0.384 e. The number of nitrogens with zero attached hydrogens (tertiary/aromatic N) is 4. The molecule has 0 unspecified atom stereocenters. The molecule has 0 aliphatic heterocycles. The van der Waals surface area contributed by atoms with Crippen molar-refractivity contribution in [2.45, 2.75) is 18.2 Å². The Morgan fingerprint density at radius 2 is 1.62 bits per heavy atom. The lowest BCUT2D eigenvalue weighted by molar-refractivity contribution is 0.202. The molecule has 4 aromatic carbocycles. The van der Waals surface area contributed by atoms with Crippen LogP contribution in [0, 0.1) is 6.92 Å². The van der Waals surface area contributed by atoms with Crippen molar-refractivity contribution in [1.82, 2.24) is 19.1 Å². The fraction of sp³-hybridized carbons (Fsp3) is 0.139. The smallest absolute Gasteiger partial charge is 0.333 e. The average Bonchev–Trinajstić information content (AvgIpc) is 3.32. The van der Waals surface area contributed by atoms with Gasteiger partial charge in [-0.1, -0.05) is 59.6 Å². The van der Waals surface area contributed by atoms with E-state index in [1.165, 1.54) is 12.1 Å². The predicted molar refractivity (Wildman–Crippen MR) is 186 cm³/mol. The summed E-state index contributed by atoms with van der Waals surface area (Å²) in [5, 5.41) is 2.46. The van der Waals surface area contributed by atoms with Crippen molar-refractivity contribution in [3.63, 3.8) is 0 Å². The first-order chi connectivity index (χ1) is 22.5. The number of aromatic nitrogens is 4. The molecule has 9 nitrogen and oxygen atoms in total. The molecule has 1 N–H and O–H groups in total. The highest BCUT2D eigenvalue weighted by atomic mass is 35.5. The number of benzene rings is 4.